The first-order valence-corrected chi connectivity index (χ1v) is 9.59. The molecule has 2 aromatic carbocycles. The molecule has 2 amide bonds. The van der Waals surface area contributed by atoms with Gasteiger partial charge >= 0.3 is 0 Å². The Morgan fingerprint density at radius 1 is 1.25 bits per heavy atom. The summed E-state index contributed by atoms with van der Waals surface area (Å²) in [6.07, 6.45) is 2.24. The SMILES string of the molecule is CSc1cccc(N2C[C@H](C(=O)Nc3cccc(Br)c3)CC2=O)c1. The van der Waals surface area contributed by atoms with Gasteiger partial charge < -0.3 is 10.2 Å². The van der Waals surface area contributed by atoms with Crippen LogP contribution in [0.25, 0.3) is 0 Å². The summed E-state index contributed by atoms with van der Waals surface area (Å²) in [5.74, 6) is -0.470. The predicted octanol–water partition coefficient (Wildman–Crippen LogP) is 4.16. The summed E-state index contributed by atoms with van der Waals surface area (Å²) in [7, 11) is 0. The number of nitrogens with one attached hydrogen (secondary N) is 1. The maximum atomic E-state index is 12.5. The average Bonchev–Trinajstić information content (AvgIpc) is 2.97. The lowest BCUT2D eigenvalue weighted by atomic mass is 10.1. The highest BCUT2D eigenvalue weighted by molar-refractivity contribution is 9.10. The van der Waals surface area contributed by atoms with Gasteiger partial charge in [0, 0.05) is 33.7 Å². The standard InChI is InChI=1S/C18H17BrN2O2S/c1-24-16-7-3-6-15(10-16)21-11-12(8-17(21)22)18(23)20-14-5-2-4-13(19)9-14/h2-7,9-10,12H,8,11H2,1H3,(H,20,23)/t12-/m1/s1. The van der Waals surface area contributed by atoms with Crippen molar-refractivity contribution in [2.75, 3.05) is 23.0 Å². The van der Waals surface area contributed by atoms with Crippen LogP contribution in [0.4, 0.5) is 11.4 Å². The molecule has 0 aromatic heterocycles. The van der Waals surface area contributed by atoms with E-state index in [1.54, 1.807) is 16.7 Å². The first-order valence-electron chi connectivity index (χ1n) is 7.57. The summed E-state index contributed by atoms with van der Waals surface area (Å²) in [5, 5.41) is 2.89. The Hall–Kier alpha value is -1.79. The third-order valence-electron chi connectivity index (χ3n) is 3.95. The minimum Gasteiger partial charge on any atom is -0.326 e. The van der Waals surface area contributed by atoms with E-state index in [1.165, 1.54) is 0 Å². The number of carbonyl (C=O) groups excluding carboxylic acids is 2. The third kappa shape index (κ3) is 3.82. The van der Waals surface area contributed by atoms with Gasteiger partial charge in [-0.05, 0) is 42.7 Å². The highest BCUT2D eigenvalue weighted by atomic mass is 79.9. The van der Waals surface area contributed by atoms with Crippen molar-refractivity contribution in [2.45, 2.75) is 11.3 Å². The van der Waals surface area contributed by atoms with E-state index in [4.69, 9.17) is 0 Å². The Morgan fingerprint density at radius 2 is 2.04 bits per heavy atom. The van der Waals surface area contributed by atoms with Crippen molar-refractivity contribution >= 4 is 50.9 Å². The van der Waals surface area contributed by atoms with Crippen LogP contribution in [0.15, 0.2) is 57.9 Å². The maximum Gasteiger partial charge on any atom is 0.229 e. The Morgan fingerprint density at radius 3 is 2.79 bits per heavy atom. The maximum absolute atomic E-state index is 12.5. The monoisotopic (exact) mass is 404 g/mol. The molecule has 0 bridgehead atoms. The Kier molecular flexibility index (Phi) is 5.26. The summed E-state index contributed by atoms with van der Waals surface area (Å²) in [4.78, 5) is 27.6. The number of rotatable bonds is 4. The third-order valence-corrected chi connectivity index (χ3v) is 5.17. The quantitative estimate of drug-likeness (QED) is 0.778. The molecule has 3 rings (SSSR count). The minimum atomic E-state index is -0.339. The zero-order chi connectivity index (χ0) is 17.1. The summed E-state index contributed by atoms with van der Waals surface area (Å²) in [6, 6.07) is 15.3. The molecule has 2 aromatic rings. The fourth-order valence-electron chi connectivity index (χ4n) is 2.72. The molecule has 0 unspecified atom stereocenters. The molecular weight excluding hydrogens is 388 g/mol. The van der Waals surface area contributed by atoms with Crippen LogP contribution >= 0.6 is 27.7 Å². The van der Waals surface area contributed by atoms with Crippen molar-refractivity contribution in [3.63, 3.8) is 0 Å². The van der Waals surface area contributed by atoms with Crippen LogP contribution in [-0.4, -0.2) is 24.6 Å². The van der Waals surface area contributed by atoms with E-state index in [0.717, 1.165) is 20.7 Å². The lowest BCUT2D eigenvalue weighted by molar-refractivity contribution is -0.122. The van der Waals surface area contributed by atoms with E-state index in [0.29, 0.717) is 6.54 Å². The van der Waals surface area contributed by atoms with Crippen molar-refractivity contribution in [2.24, 2.45) is 5.92 Å². The van der Waals surface area contributed by atoms with Gasteiger partial charge in [0.15, 0.2) is 0 Å². The van der Waals surface area contributed by atoms with E-state index in [2.05, 4.69) is 21.2 Å². The second kappa shape index (κ2) is 7.40. The normalized spacial score (nSPS) is 17.2. The molecule has 0 spiro atoms. The molecule has 1 aliphatic heterocycles. The summed E-state index contributed by atoms with van der Waals surface area (Å²) >= 11 is 5.01. The molecule has 24 heavy (non-hydrogen) atoms. The Bertz CT molecular complexity index is 781. The zero-order valence-corrected chi connectivity index (χ0v) is 15.6. The van der Waals surface area contributed by atoms with Gasteiger partial charge in [-0.2, -0.15) is 0 Å². The number of halogens is 1. The molecule has 4 nitrogen and oxygen atoms in total. The summed E-state index contributed by atoms with van der Waals surface area (Å²) in [5.41, 5.74) is 1.58. The van der Waals surface area contributed by atoms with Crippen LogP contribution in [0.1, 0.15) is 6.42 Å². The molecule has 0 radical (unpaired) electrons. The number of carbonyl (C=O) groups is 2. The number of amides is 2. The van der Waals surface area contributed by atoms with Crippen molar-refractivity contribution in [3.05, 3.63) is 53.0 Å². The molecular formula is C18H17BrN2O2S. The first kappa shape index (κ1) is 17.0. The molecule has 1 heterocycles. The second-order valence-electron chi connectivity index (χ2n) is 5.61. The fourth-order valence-corrected chi connectivity index (χ4v) is 3.57. The second-order valence-corrected chi connectivity index (χ2v) is 7.40. The molecule has 6 heteroatoms. The van der Waals surface area contributed by atoms with E-state index in [-0.39, 0.29) is 24.2 Å². The number of benzene rings is 2. The fraction of sp³-hybridized carbons (Fsp3) is 0.222. The average molecular weight is 405 g/mol. The largest absolute Gasteiger partial charge is 0.326 e. The molecule has 0 aliphatic carbocycles. The molecule has 1 saturated heterocycles. The van der Waals surface area contributed by atoms with Crippen molar-refractivity contribution in [1.82, 2.24) is 0 Å². The summed E-state index contributed by atoms with van der Waals surface area (Å²) < 4.78 is 0.901. The smallest absolute Gasteiger partial charge is 0.229 e. The topological polar surface area (TPSA) is 49.4 Å². The predicted molar refractivity (Wildman–Crippen MR) is 101 cm³/mol. The van der Waals surface area contributed by atoms with Crippen molar-refractivity contribution < 1.29 is 9.59 Å². The van der Waals surface area contributed by atoms with Gasteiger partial charge in [0.25, 0.3) is 0 Å². The van der Waals surface area contributed by atoms with Gasteiger partial charge in [-0.25, -0.2) is 0 Å². The van der Waals surface area contributed by atoms with Gasteiger partial charge in [-0.3, -0.25) is 9.59 Å². The van der Waals surface area contributed by atoms with Gasteiger partial charge in [0.1, 0.15) is 0 Å². The van der Waals surface area contributed by atoms with E-state index in [9.17, 15) is 9.59 Å². The number of hydrogen-bond acceptors (Lipinski definition) is 3. The number of hydrogen-bond donors (Lipinski definition) is 1. The minimum absolute atomic E-state index is 0.0114. The zero-order valence-electron chi connectivity index (χ0n) is 13.2. The van der Waals surface area contributed by atoms with E-state index >= 15 is 0 Å². The first-order chi connectivity index (χ1) is 11.6. The van der Waals surface area contributed by atoms with E-state index < -0.39 is 0 Å². The number of anilines is 2. The number of thioether (sulfide) groups is 1. The molecule has 1 N–H and O–H groups in total. The molecule has 0 saturated carbocycles. The van der Waals surface area contributed by atoms with Crippen LogP contribution in [0.3, 0.4) is 0 Å². The van der Waals surface area contributed by atoms with Crippen LogP contribution in [0.2, 0.25) is 0 Å². The lowest BCUT2D eigenvalue weighted by Crippen LogP contribution is -2.28. The number of nitrogens with zero attached hydrogens (tertiary/aromatic N) is 1. The van der Waals surface area contributed by atoms with Gasteiger partial charge in [-0.1, -0.05) is 28.1 Å². The lowest BCUT2D eigenvalue weighted by Gasteiger charge is -2.17. The van der Waals surface area contributed by atoms with Crippen LogP contribution < -0.4 is 10.2 Å². The summed E-state index contributed by atoms with van der Waals surface area (Å²) in [6.45, 7) is 0.413. The highest BCUT2D eigenvalue weighted by Gasteiger charge is 2.35. The Balaban J connectivity index is 1.70. The van der Waals surface area contributed by atoms with Crippen LogP contribution in [0, 0.1) is 5.92 Å². The van der Waals surface area contributed by atoms with E-state index in [1.807, 2.05) is 54.8 Å². The molecule has 124 valence electrons. The molecule has 1 fully saturated rings. The Labute approximate surface area is 153 Å². The molecule has 1 atom stereocenters. The van der Waals surface area contributed by atoms with Gasteiger partial charge in [-0.15, -0.1) is 11.8 Å². The highest BCUT2D eigenvalue weighted by Crippen LogP contribution is 2.29. The van der Waals surface area contributed by atoms with Crippen molar-refractivity contribution in [3.8, 4) is 0 Å². The van der Waals surface area contributed by atoms with Gasteiger partial charge in [0.05, 0.1) is 5.92 Å². The van der Waals surface area contributed by atoms with Gasteiger partial charge in [0.2, 0.25) is 11.8 Å². The molecule has 1 aliphatic rings. The van der Waals surface area contributed by atoms with Crippen LogP contribution in [-0.2, 0) is 9.59 Å². The van der Waals surface area contributed by atoms with Crippen molar-refractivity contribution in [1.29, 1.82) is 0 Å². The van der Waals surface area contributed by atoms with Crippen LogP contribution in [0.5, 0.6) is 0 Å².